The zero-order chi connectivity index (χ0) is 13.4. The zero-order valence-electron chi connectivity index (χ0n) is 10.8. The number of hydrogen-bond donors (Lipinski definition) is 1. The molecule has 0 radical (unpaired) electrons. The summed E-state index contributed by atoms with van der Waals surface area (Å²) in [5, 5.41) is 0.482. The van der Waals surface area contributed by atoms with Crippen LogP contribution < -0.4 is 0 Å². The van der Waals surface area contributed by atoms with Crippen LogP contribution in [0.3, 0.4) is 0 Å². The van der Waals surface area contributed by atoms with Gasteiger partial charge in [-0.1, -0.05) is 55.8 Å². The number of fused-ring (bicyclic) bond motifs is 1. The van der Waals surface area contributed by atoms with Crippen molar-refractivity contribution in [1.29, 1.82) is 0 Å². The standard InChI is InChI=1S/C15H14ClN3/c1-9(2)15-18-12-8-11(10-6-4-3-5-7-10)17-13(12)14(16)19-15/h3-9,17H,1-2H3. The molecule has 2 heterocycles. The molecule has 0 spiro atoms. The SMILES string of the molecule is CC(C)c1nc(Cl)c2[nH]c(-c3ccccc3)cc2n1. The van der Waals surface area contributed by atoms with Crippen molar-refractivity contribution in [3.05, 3.63) is 47.4 Å². The minimum absolute atomic E-state index is 0.261. The Morgan fingerprint density at radius 2 is 1.84 bits per heavy atom. The Balaban J connectivity index is 2.18. The predicted molar refractivity (Wildman–Crippen MR) is 78.4 cm³/mol. The molecular formula is C15H14ClN3. The summed E-state index contributed by atoms with van der Waals surface area (Å²) in [5.41, 5.74) is 3.78. The normalized spacial score (nSPS) is 11.4. The van der Waals surface area contributed by atoms with Crippen molar-refractivity contribution in [2.45, 2.75) is 19.8 Å². The molecule has 19 heavy (non-hydrogen) atoms. The molecule has 96 valence electrons. The highest BCUT2D eigenvalue weighted by Gasteiger charge is 2.12. The van der Waals surface area contributed by atoms with Crippen LogP contribution >= 0.6 is 11.6 Å². The van der Waals surface area contributed by atoms with Crippen LogP contribution in [0.15, 0.2) is 36.4 Å². The van der Waals surface area contributed by atoms with Crippen LogP contribution in [-0.2, 0) is 0 Å². The lowest BCUT2D eigenvalue weighted by atomic mass is 10.1. The fourth-order valence-electron chi connectivity index (χ4n) is 2.03. The highest BCUT2D eigenvalue weighted by Crippen LogP contribution is 2.27. The summed E-state index contributed by atoms with van der Waals surface area (Å²) in [7, 11) is 0. The first-order valence-corrected chi connectivity index (χ1v) is 6.64. The molecule has 0 fully saturated rings. The second-order valence-electron chi connectivity index (χ2n) is 4.84. The van der Waals surface area contributed by atoms with Crippen molar-refractivity contribution in [3.63, 3.8) is 0 Å². The Kier molecular flexibility index (Phi) is 2.99. The van der Waals surface area contributed by atoms with Gasteiger partial charge in [-0.2, -0.15) is 0 Å². The van der Waals surface area contributed by atoms with Gasteiger partial charge < -0.3 is 4.98 Å². The smallest absolute Gasteiger partial charge is 0.156 e. The van der Waals surface area contributed by atoms with E-state index in [0.29, 0.717) is 5.15 Å². The van der Waals surface area contributed by atoms with Gasteiger partial charge in [0.1, 0.15) is 11.3 Å². The van der Waals surface area contributed by atoms with Crippen LogP contribution in [-0.4, -0.2) is 15.0 Å². The van der Waals surface area contributed by atoms with Gasteiger partial charge in [0, 0.05) is 11.6 Å². The first kappa shape index (κ1) is 12.2. The number of benzene rings is 1. The third kappa shape index (κ3) is 2.22. The molecular weight excluding hydrogens is 258 g/mol. The van der Waals surface area contributed by atoms with Crippen molar-refractivity contribution in [2.75, 3.05) is 0 Å². The van der Waals surface area contributed by atoms with Crippen molar-refractivity contribution in [2.24, 2.45) is 0 Å². The molecule has 0 aliphatic rings. The van der Waals surface area contributed by atoms with Gasteiger partial charge in [0.25, 0.3) is 0 Å². The number of rotatable bonds is 2. The number of aromatic nitrogens is 3. The van der Waals surface area contributed by atoms with E-state index in [-0.39, 0.29) is 5.92 Å². The van der Waals surface area contributed by atoms with Gasteiger partial charge in [-0.15, -0.1) is 0 Å². The minimum Gasteiger partial charge on any atom is -0.351 e. The Hall–Kier alpha value is -1.87. The van der Waals surface area contributed by atoms with Crippen molar-refractivity contribution in [3.8, 4) is 11.3 Å². The van der Waals surface area contributed by atoms with Crippen LogP contribution in [0.5, 0.6) is 0 Å². The van der Waals surface area contributed by atoms with Crippen molar-refractivity contribution >= 4 is 22.6 Å². The monoisotopic (exact) mass is 271 g/mol. The van der Waals surface area contributed by atoms with Crippen LogP contribution in [0.2, 0.25) is 5.15 Å². The van der Waals surface area contributed by atoms with E-state index in [0.717, 1.165) is 28.1 Å². The second kappa shape index (κ2) is 4.67. The Morgan fingerprint density at radius 1 is 1.11 bits per heavy atom. The molecule has 0 bridgehead atoms. The topological polar surface area (TPSA) is 41.6 Å². The number of halogens is 1. The minimum atomic E-state index is 0.261. The van der Waals surface area contributed by atoms with E-state index in [1.807, 2.05) is 24.3 Å². The molecule has 0 atom stereocenters. The highest BCUT2D eigenvalue weighted by atomic mass is 35.5. The number of nitrogens with zero attached hydrogens (tertiary/aromatic N) is 2. The lowest BCUT2D eigenvalue weighted by molar-refractivity contribution is 0.783. The number of H-pyrrole nitrogens is 1. The molecule has 0 amide bonds. The summed E-state index contributed by atoms with van der Waals surface area (Å²) in [6.45, 7) is 4.12. The summed E-state index contributed by atoms with van der Waals surface area (Å²) in [5.74, 6) is 1.04. The maximum atomic E-state index is 6.22. The second-order valence-corrected chi connectivity index (χ2v) is 5.19. The summed E-state index contributed by atoms with van der Waals surface area (Å²) in [6, 6.07) is 12.1. The molecule has 3 rings (SSSR count). The molecule has 0 saturated carbocycles. The molecule has 0 aliphatic heterocycles. The third-order valence-electron chi connectivity index (χ3n) is 3.05. The van der Waals surface area contributed by atoms with E-state index >= 15 is 0 Å². The molecule has 0 aliphatic carbocycles. The van der Waals surface area contributed by atoms with Crippen LogP contribution in [0, 0.1) is 0 Å². The van der Waals surface area contributed by atoms with E-state index in [2.05, 4.69) is 40.9 Å². The van der Waals surface area contributed by atoms with Gasteiger partial charge in [0.2, 0.25) is 0 Å². The van der Waals surface area contributed by atoms with Gasteiger partial charge in [-0.3, -0.25) is 0 Å². The van der Waals surface area contributed by atoms with Crippen LogP contribution in [0.1, 0.15) is 25.6 Å². The fraction of sp³-hybridized carbons (Fsp3) is 0.200. The van der Waals surface area contributed by atoms with Crippen LogP contribution in [0.4, 0.5) is 0 Å². The molecule has 3 aromatic rings. The summed E-state index contributed by atoms with van der Waals surface area (Å²) >= 11 is 6.22. The van der Waals surface area contributed by atoms with Crippen LogP contribution in [0.25, 0.3) is 22.3 Å². The highest BCUT2D eigenvalue weighted by molar-refractivity contribution is 6.33. The third-order valence-corrected chi connectivity index (χ3v) is 3.33. The maximum Gasteiger partial charge on any atom is 0.156 e. The average molecular weight is 272 g/mol. The van der Waals surface area contributed by atoms with Gasteiger partial charge in [0.05, 0.1) is 5.52 Å². The van der Waals surface area contributed by atoms with Gasteiger partial charge in [-0.05, 0) is 11.6 Å². The van der Waals surface area contributed by atoms with Gasteiger partial charge in [0.15, 0.2) is 5.15 Å². The van der Waals surface area contributed by atoms with Gasteiger partial charge >= 0.3 is 0 Å². The lowest BCUT2D eigenvalue weighted by Gasteiger charge is -2.03. The average Bonchev–Trinajstić information content (AvgIpc) is 2.84. The number of aromatic amines is 1. The molecule has 1 aromatic carbocycles. The first-order valence-electron chi connectivity index (χ1n) is 6.26. The maximum absolute atomic E-state index is 6.22. The molecule has 3 nitrogen and oxygen atoms in total. The Labute approximate surface area is 116 Å². The lowest BCUT2D eigenvalue weighted by Crippen LogP contribution is -1.97. The van der Waals surface area contributed by atoms with E-state index in [1.54, 1.807) is 0 Å². The summed E-state index contributed by atoms with van der Waals surface area (Å²) < 4.78 is 0. The van der Waals surface area contributed by atoms with E-state index in [1.165, 1.54) is 0 Å². The van der Waals surface area contributed by atoms with E-state index < -0.39 is 0 Å². The summed E-state index contributed by atoms with van der Waals surface area (Å²) in [4.78, 5) is 12.2. The number of hydrogen-bond acceptors (Lipinski definition) is 2. The van der Waals surface area contributed by atoms with Crippen molar-refractivity contribution in [1.82, 2.24) is 15.0 Å². The number of nitrogens with one attached hydrogen (secondary N) is 1. The predicted octanol–water partition coefficient (Wildman–Crippen LogP) is 4.40. The molecule has 0 unspecified atom stereocenters. The van der Waals surface area contributed by atoms with Crippen molar-refractivity contribution < 1.29 is 0 Å². The quantitative estimate of drug-likeness (QED) is 0.702. The van der Waals surface area contributed by atoms with Gasteiger partial charge in [-0.25, -0.2) is 9.97 Å². The fourth-order valence-corrected chi connectivity index (χ4v) is 2.26. The van der Waals surface area contributed by atoms with E-state index in [4.69, 9.17) is 11.6 Å². The Morgan fingerprint density at radius 3 is 2.53 bits per heavy atom. The Bertz CT molecular complexity index is 717. The molecule has 2 aromatic heterocycles. The first-order chi connectivity index (χ1) is 9.15. The largest absolute Gasteiger partial charge is 0.351 e. The molecule has 0 saturated heterocycles. The van der Waals surface area contributed by atoms with E-state index in [9.17, 15) is 0 Å². The summed E-state index contributed by atoms with van der Waals surface area (Å²) in [6.07, 6.45) is 0. The zero-order valence-corrected chi connectivity index (χ0v) is 11.6. The molecule has 1 N–H and O–H groups in total. The molecule has 4 heteroatoms.